The van der Waals surface area contributed by atoms with Gasteiger partial charge < -0.3 is 5.32 Å². The molecular formula is C9H11BrN2O. The Morgan fingerprint density at radius 2 is 2.38 bits per heavy atom. The van der Waals surface area contributed by atoms with Gasteiger partial charge in [-0.1, -0.05) is 22.0 Å². The minimum atomic E-state index is -0.110. The van der Waals surface area contributed by atoms with Crippen LogP contribution < -0.4 is 5.32 Å². The van der Waals surface area contributed by atoms with Gasteiger partial charge in [0.2, 0.25) is 0 Å². The molecule has 70 valence electrons. The van der Waals surface area contributed by atoms with Crippen LogP contribution in [0.15, 0.2) is 24.4 Å². The van der Waals surface area contributed by atoms with Gasteiger partial charge in [0.25, 0.3) is 5.91 Å². The summed E-state index contributed by atoms with van der Waals surface area (Å²) in [6, 6.07) is 5.28. The maximum Gasteiger partial charge on any atom is 0.269 e. The average molecular weight is 243 g/mol. The van der Waals surface area contributed by atoms with E-state index in [-0.39, 0.29) is 5.91 Å². The molecule has 0 aliphatic rings. The first-order valence-corrected chi connectivity index (χ1v) is 5.22. The lowest BCUT2D eigenvalue weighted by Gasteiger charge is -2.01. The molecule has 0 bridgehead atoms. The fraction of sp³-hybridized carbons (Fsp3) is 0.333. The van der Waals surface area contributed by atoms with Crippen molar-refractivity contribution in [3.63, 3.8) is 0 Å². The van der Waals surface area contributed by atoms with Crippen molar-refractivity contribution in [2.45, 2.75) is 6.42 Å². The second-order valence-electron chi connectivity index (χ2n) is 2.51. The molecule has 1 amide bonds. The summed E-state index contributed by atoms with van der Waals surface area (Å²) in [6.07, 6.45) is 2.54. The van der Waals surface area contributed by atoms with E-state index in [1.807, 2.05) is 0 Å². The third kappa shape index (κ3) is 3.55. The number of nitrogens with one attached hydrogen (secondary N) is 1. The van der Waals surface area contributed by atoms with Crippen LogP contribution in [0.4, 0.5) is 0 Å². The molecule has 1 N–H and O–H groups in total. The molecule has 0 aliphatic carbocycles. The second kappa shape index (κ2) is 5.70. The van der Waals surface area contributed by atoms with Crippen molar-refractivity contribution >= 4 is 21.8 Å². The fourth-order valence-electron chi connectivity index (χ4n) is 0.856. The Bertz CT molecular complexity index is 264. The smallest absolute Gasteiger partial charge is 0.269 e. The third-order valence-electron chi connectivity index (χ3n) is 1.49. The molecule has 1 aromatic heterocycles. The van der Waals surface area contributed by atoms with Crippen molar-refractivity contribution in [1.82, 2.24) is 10.3 Å². The van der Waals surface area contributed by atoms with Crippen molar-refractivity contribution in [2.75, 3.05) is 11.9 Å². The van der Waals surface area contributed by atoms with Crippen LogP contribution in [0.5, 0.6) is 0 Å². The Balaban J connectivity index is 2.40. The number of aromatic nitrogens is 1. The maximum absolute atomic E-state index is 11.3. The number of pyridine rings is 1. The normalized spacial score (nSPS) is 9.62. The quantitative estimate of drug-likeness (QED) is 0.644. The number of amides is 1. The topological polar surface area (TPSA) is 42.0 Å². The SMILES string of the molecule is O=C(NCCCBr)c1ccccn1. The molecule has 3 nitrogen and oxygen atoms in total. The summed E-state index contributed by atoms with van der Waals surface area (Å²) in [5.74, 6) is -0.110. The first kappa shape index (κ1) is 10.2. The van der Waals surface area contributed by atoms with Crippen LogP contribution in [-0.2, 0) is 0 Å². The Labute approximate surface area is 85.7 Å². The number of carbonyl (C=O) groups is 1. The van der Waals surface area contributed by atoms with E-state index in [2.05, 4.69) is 26.2 Å². The van der Waals surface area contributed by atoms with E-state index in [0.29, 0.717) is 12.2 Å². The molecule has 0 saturated carbocycles. The molecule has 0 unspecified atom stereocenters. The Kier molecular flexibility index (Phi) is 4.46. The summed E-state index contributed by atoms with van der Waals surface area (Å²) >= 11 is 3.29. The van der Waals surface area contributed by atoms with Crippen molar-refractivity contribution in [3.05, 3.63) is 30.1 Å². The lowest BCUT2D eigenvalue weighted by molar-refractivity contribution is 0.0949. The highest BCUT2D eigenvalue weighted by atomic mass is 79.9. The molecule has 4 heteroatoms. The molecule has 1 aromatic rings. The van der Waals surface area contributed by atoms with Crippen LogP contribution in [0.3, 0.4) is 0 Å². The number of hydrogen-bond acceptors (Lipinski definition) is 2. The van der Waals surface area contributed by atoms with E-state index < -0.39 is 0 Å². The number of halogens is 1. The van der Waals surface area contributed by atoms with Gasteiger partial charge in [0, 0.05) is 18.1 Å². The summed E-state index contributed by atoms with van der Waals surface area (Å²) in [5.41, 5.74) is 0.470. The summed E-state index contributed by atoms with van der Waals surface area (Å²) in [6.45, 7) is 0.681. The Morgan fingerprint density at radius 3 is 3.00 bits per heavy atom. The van der Waals surface area contributed by atoms with Crippen LogP contribution in [0.1, 0.15) is 16.9 Å². The standard InChI is InChI=1S/C9H11BrN2O/c10-5-3-7-12-9(13)8-4-1-2-6-11-8/h1-2,4,6H,3,5,7H2,(H,12,13). The van der Waals surface area contributed by atoms with Gasteiger partial charge in [-0.3, -0.25) is 9.78 Å². The van der Waals surface area contributed by atoms with Crippen LogP contribution in [0, 0.1) is 0 Å². The summed E-state index contributed by atoms with van der Waals surface area (Å²) in [5, 5.41) is 3.67. The van der Waals surface area contributed by atoms with Gasteiger partial charge in [-0.05, 0) is 18.6 Å². The van der Waals surface area contributed by atoms with Crippen LogP contribution in [0.25, 0.3) is 0 Å². The van der Waals surface area contributed by atoms with Crippen molar-refractivity contribution < 1.29 is 4.79 Å². The number of hydrogen-bond donors (Lipinski definition) is 1. The minimum absolute atomic E-state index is 0.110. The fourth-order valence-corrected chi connectivity index (χ4v) is 1.14. The maximum atomic E-state index is 11.3. The zero-order valence-corrected chi connectivity index (χ0v) is 8.75. The van der Waals surface area contributed by atoms with Gasteiger partial charge in [-0.15, -0.1) is 0 Å². The third-order valence-corrected chi connectivity index (χ3v) is 2.05. The highest BCUT2D eigenvalue weighted by molar-refractivity contribution is 9.09. The Morgan fingerprint density at radius 1 is 1.54 bits per heavy atom. The molecule has 1 rings (SSSR count). The molecule has 13 heavy (non-hydrogen) atoms. The van der Waals surface area contributed by atoms with E-state index >= 15 is 0 Å². The molecule has 1 heterocycles. The molecule has 0 radical (unpaired) electrons. The zero-order valence-electron chi connectivity index (χ0n) is 7.16. The molecule has 0 aromatic carbocycles. The van der Waals surface area contributed by atoms with E-state index in [0.717, 1.165) is 11.8 Å². The first-order valence-electron chi connectivity index (χ1n) is 4.10. The number of rotatable bonds is 4. The van der Waals surface area contributed by atoms with Crippen molar-refractivity contribution in [2.24, 2.45) is 0 Å². The van der Waals surface area contributed by atoms with E-state index in [4.69, 9.17) is 0 Å². The highest BCUT2D eigenvalue weighted by Gasteiger charge is 2.03. The van der Waals surface area contributed by atoms with Gasteiger partial charge >= 0.3 is 0 Å². The molecule has 0 spiro atoms. The largest absolute Gasteiger partial charge is 0.351 e. The van der Waals surface area contributed by atoms with Crippen LogP contribution in [0.2, 0.25) is 0 Å². The number of carbonyl (C=O) groups excluding carboxylic acids is 1. The minimum Gasteiger partial charge on any atom is -0.351 e. The van der Waals surface area contributed by atoms with Crippen LogP contribution >= 0.6 is 15.9 Å². The monoisotopic (exact) mass is 242 g/mol. The van der Waals surface area contributed by atoms with Gasteiger partial charge in [-0.2, -0.15) is 0 Å². The molecule has 0 atom stereocenters. The summed E-state index contributed by atoms with van der Waals surface area (Å²) in [7, 11) is 0. The van der Waals surface area contributed by atoms with Gasteiger partial charge in [0.05, 0.1) is 0 Å². The van der Waals surface area contributed by atoms with Gasteiger partial charge in [0.15, 0.2) is 0 Å². The molecule has 0 fully saturated rings. The van der Waals surface area contributed by atoms with Gasteiger partial charge in [0.1, 0.15) is 5.69 Å². The zero-order chi connectivity index (χ0) is 9.52. The molecule has 0 saturated heterocycles. The number of alkyl halides is 1. The number of nitrogens with zero attached hydrogens (tertiary/aromatic N) is 1. The summed E-state index contributed by atoms with van der Waals surface area (Å²) < 4.78 is 0. The second-order valence-corrected chi connectivity index (χ2v) is 3.31. The van der Waals surface area contributed by atoms with E-state index in [1.165, 1.54) is 0 Å². The lowest BCUT2D eigenvalue weighted by Crippen LogP contribution is -2.25. The molecule has 0 aliphatic heterocycles. The predicted octanol–water partition coefficient (Wildman–Crippen LogP) is 1.60. The van der Waals surface area contributed by atoms with E-state index in [9.17, 15) is 4.79 Å². The average Bonchev–Trinajstić information content (AvgIpc) is 2.19. The highest BCUT2D eigenvalue weighted by Crippen LogP contribution is 1.93. The predicted molar refractivity (Wildman–Crippen MR) is 55.0 cm³/mol. The van der Waals surface area contributed by atoms with Crippen molar-refractivity contribution in [3.8, 4) is 0 Å². The summed E-state index contributed by atoms with van der Waals surface area (Å²) in [4.78, 5) is 15.3. The van der Waals surface area contributed by atoms with Crippen molar-refractivity contribution in [1.29, 1.82) is 0 Å². The lowest BCUT2D eigenvalue weighted by atomic mass is 10.3. The van der Waals surface area contributed by atoms with Crippen LogP contribution in [-0.4, -0.2) is 22.8 Å². The van der Waals surface area contributed by atoms with E-state index in [1.54, 1.807) is 24.4 Å². The van der Waals surface area contributed by atoms with Gasteiger partial charge in [-0.25, -0.2) is 0 Å². The first-order chi connectivity index (χ1) is 6.34. The molecular weight excluding hydrogens is 232 g/mol. The Hall–Kier alpha value is -0.900.